The van der Waals surface area contributed by atoms with E-state index in [2.05, 4.69) is 45.9 Å². The second-order valence-electron chi connectivity index (χ2n) is 9.10. The van der Waals surface area contributed by atoms with Gasteiger partial charge in [-0.2, -0.15) is 0 Å². The predicted molar refractivity (Wildman–Crippen MR) is 141 cm³/mol. The third-order valence-electron chi connectivity index (χ3n) is 5.63. The number of carbonyl (C=O) groups excluding carboxylic acids is 2. The summed E-state index contributed by atoms with van der Waals surface area (Å²) in [5.41, 5.74) is -1.10. The van der Waals surface area contributed by atoms with Crippen molar-refractivity contribution in [3.8, 4) is 5.75 Å². The first-order chi connectivity index (χ1) is 16.5. The van der Waals surface area contributed by atoms with Gasteiger partial charge in [0.15, 0.2) is 5.78 Å². The average Bonchev–Trinajstić information content (AvgIpc) is 3.14. The van der Waals surface area contributed by atoms with Crippen molar-refractivity contribution in [2.75, 3.05) is 7.11 Å². The van der Waals surface area contributed by atoms with Gasteiger partial charge in [0.1, 0.15) is 17.1 Å². The molecule has 2 aromatic rings. The normalized spacial score (nSPS) is 13.2. The fourth-order valence-corrected chi connectivity index (χ4v) is 5.67. The first kappa shape index (κ1) is 28.8. The van der Waals surface area contributed by atoms with Gasteiger partial charge in [0.05, 0.1) is 7.11 Å². The largest absolute Gasteiger partial charge is 0.507 e. The summed E-state index contributed by atoms with van der Waals surface area (Å²) in [5, 5.41) is 12.9. The van der Waals surface area contributed by atoms with Crippen LogP contribution in [0.25, 0.3) is 0 Å². The van der Waals surface area contributed by atoms with E-state index in [4.69, 9.17) is 4.42 Å². The lowest BCUT2D eigenvalue weighted by atomic mass is 9.94. The number of halogens is 1. The first-order valence-electron chi connectivity index (χ1n) is 11.7. The molecule has 1 amide bonds. The lowest BCUT2D eigenvalue weighted by molar-refractivity contribution is 0.0916. The second-order valence-corrected chi connectivity index (χ2v) is 11.2. The number of alkyl carbamates (subject to hydrolysis) is 1. The van der Waals surface area contributed by atoms with E-state index >= 15 is 0 Å². The molecular formula is C26H34BrNO6S. The minimum atomic E-state index is -0.815. The van der Waals surface area contributed by atoms with Crippen LogP contribution in [0.5, 0.6) is 5.75 Å². The Balaban J connectivity index is 2.00. The molecule has 2 aromatic heterocycles. The van der Waals surface area contributed by atoms with Crippen LogP contribution in [-0.4, -0.2) is 24.1 Å². The summed E-state index contributed by atoms with van der Waals surface area (Å²) >= 11 is 5.36. The maximum Gasteiger partial charge on any atom is 0.410 e. The molecule has 2 rings (SSSR count). The fourth-order valence-electron chi connectivity index (χ4n) is 3.55. The summed E-state index contributed by atoms with van der Waals surface area (Å²) in [6, 6.07) is 3.46. The summed E-state index contributed by atoms with van der Waals surface area (Å²) in [4.78, 5) is 39.0. The van der Waals surface area contributed by atoms with Crippen LogP contribution in [0.4, 0.5) is 4.79 Å². The van der Waals surface area contributed by atoms with Crippen LogP contribution >= 0.6 is 27.3 Å². The number of hydrogen-bond acceptors (Lipinski definition) is 7. The zero-order valence-electron chi connectivity index (χ0n) is 20.9. The number of allylic oxidation sites excluding steroid dienone is 1. The smallest absolute Gasteiger partial charge is 0.410 e. The molecular weight excluding hydrogens is 534 g/mol. The number of rotatable bonds is 12. The number of ketones is 1. The molecule has 192 valence electrons. The molecule has 0 saturated carbocycles. The van der Waals surface area contributed by atoms with Crippen LogP contribution in [0.1, 0.15) is 78.7 Å². The van der Waals surface area contributed by atoms with Crippen molar-refractivity contribution in [1.29, 1.82) is 0 Å². The molecule has 0 radical (unpaired) electrons. The number of aromatic hydroxyl groups is 1. The lowest BCUT2D eigenvalue weighted by Gasteiger charge is -2.13. The molecule has 9 heteroatoms. The van der Waals surface area contributed by atoms with Crippen molar-refractivity contribution in [1.82, 2.24) is 5.32 Å². The molecule has 0 aliphatic rings. The zero-order valence-corrected chi connectivity index (χ0v) is 23.3. The monoisotopic (exact) mass is 567 g/mol. The van der Waals surface area contributed by atoms with Crippen molar-refractivity contribution in [2.45, 2.75) is 65.7 Å². The van der Waals surface area contributed by atoms with Gasteiger partial charge in [0, 0.05) is 38.3 Å². The molecule has 35 heavy (non-hydrogen) atoms. The molecule has 2 unspecified atom stereocenters. The standard InChI is InChI=1S/C26H34BrNO6S/c1-15(2)12-22-19(27)13-18(35-22)10-9-17(4)24(30)23-20(29)14-21(34-25(23)31)16(3)8-6-7-11-28-26(32)33-5/h7,11,13-17,29H,6,8-10,12H2,1-5H3,(H,28,32)/b11-7+. The highest BCUT2D eigenvalue weighted by Crippen LogP contribution is 2.32. The summed E-state index contributed by atoms with van der Waals surface area (Å²) in [7, 11) is 1.28. The van der Waals surface area contributed by atoms with Crippen LogP contribution in [-0.2, 0) is 17.6 Å². The summed E-state index contributed by atoms with van der Waals surface area (Å²) < 4.78 is 11.0. The Morgan fingerprint density at radius 2 is 1.94 bits per heavy atom. The first-order valence-corrected chi connectivity index (χ1v) is 13.3. The number of amides is 1. The predicted octanol–water partition coefficient (Wildman–Crippen LogP) is 6.57. The van der Waals surface area contributed by atoms with Crippen molar-refractivity contribution < 1.29 is 23.8 Å². The van der Waals surface area contributed by atoms with Gasteiger partial charge >= 0.3 is 11.7 Å². The lowest BCUT2D eigenvalue weighted by Crippen LogP contribution is -2.21. The molecule has 0 aliphatic carbocycles. The Bertz CT molecular complexity index is 1100. The number of nitrogens with one attached hydrogen (secondary N) is 1. The van der Waals surface area contributed by atoms with Crippen LogP contribution < -0.4 is 10.9 Å². The number of methoxy groups -OCH3 is 1. The van der Waals surface area contributed by atoms with E-state index in [1.165, 1.54) is 29.1 Å². The Labute approximate surface area is 218 Å². The van der Waals surface area contributed by atoms with E-state index in [1.807, 2.05) is 6.92 Å². The summed E-state index contributed by atoms with van der Waals surface area (Å²) in [6.07, 6.45) is 6.17. The third kappa shape index (κ3) is 8.65. The SMILES string of the molecule is COC(=O)N/C=C/CCC(C)c1cc(O)c(C(=O)C(C)CCc2cc(Br)c(CC(C)C)s2)c(=O)o1. The number of thiophene rings is 1. The van der Waals surface area contributed by atoms with Crippen molar-refractivity contribution in [2.24, 2.45) is 11.8 Å². The number of hydrogen-bond donors (Lipinski definition) is 2. The van der Waals surface area contributed by atoms with Gasteiger partial charge in [-0.15, -0.1) is 11.3 Å². The van der Waals surface area contributed by atoms with Crippen LogP contribution in [0.15, 0.2) is 38.1 Å². The highest BCUT2D eigenvalue weighted by atomic mass is 79.9. The van der Waals surface area contributed by atoms with Crippen LogP contribution in [0.2, 0.25) is 0 Å². The van der Waals surface area contributed by atoms with Gasteiger partial charge in [0.25, 0.3) is 0 Å². The number of Topliss-reactive ketones (excluding diaryl/α,β-unsaturated/α-hetero) is 1. The zero-order chi connectivity index (χ0) is 26.1. The molecule has 0 aliphatic heterocycles. The third-order valence-corrected chi connectivity index (χ3v) is 7.81. The molecule has 0 aromatic carbocycles. The van der Waals surface area contributed by atoms with Gasteiger partial charge in [-0.1, -0.05) is 33.8 Å². The molecule has 7 nitrogen and oxygen atoms in total. The van der Waals surface area contributed by atoms with Gasteiger partial charge in [-0.25, -0.2) is 9.59 Å². The minimum absolute atomic E-state index is 0.171. The Morgan fingerprint density at radius 3 is 2.57 bits per heavy atom. The van der Waals surface area contributed by atoms with Crippen molar-refractivity contribution in [3.63, 3.8) is 0 Å². The van der Waals surface area contributed by atoms with Crippen LogP contribution in [0.3, 0.4) is 0 Å². The van der Waals surface area contributed by atoms with Crippen molar-refractivity contribution in [3.05, 3.63) is 60.4 Å². The minimum Gasteiger partial charge on any atom is -0.507 e. The number of carbonyl (C=O) groups is 2. The Kier molecular flexibility index (Phi) is 11.2. The van der Waals surface area contributed by atoms with Crippen LogP contribution in [0, 0.1) is 11.8 Å². The van der Waals surface area contributed by atoms with E-state index in [-0.39, 0.29) is 17.2 Å². The van der Waals surface area contributed by atoms with E-state index in [0.717, 1.165) is 10.9 Å². The maximum atomic E-state index is 13.0. The topological polar surface area (TPSA) is 106 Å². The summed E-state index contributed by atoms with van der Waals surface area (Å²) in [6.45, 7) is 7.98. The van der Waals surface area contributed by atoms with Gasteiger partial charge in [-0.3, -0.25) is 10.1 Å². The molecule has 0 saturated heterocycles. The Hall–Kier alpha value is -2.39. The van der Waals surface area contributed by atoms with E-state index in [9.17, 15) is 19.5 Å². The molecule has 0 bridgehead atoms. The molecule has 0 spiro atoms. The van der Waals surface area contributed by atoms with E-state index in [0.29, 0.717) is 37.4 Å². The van der Waals surface area contributed by atoms with Crippen molar-refractivity contribution >= 4 is 39.1 Å². The van der Waals surface area contributed by atoms with Gasteiger partial charge < -0.3 is 14.3 Å². The molecule has 2 N–H and O–H groups in total. The summed E-state index contributed by atoms with van der Waals surface area (Å²) in [5.74, 6) is -0.492. The Morgan fingerprint density at radius 1 is 1.23 bits per heavy atom. The molecule has 2 heterocycles. The van der Waals surface area contributed by atoms with Gasteiger partial charge in [0.2, 0.25) is 0 Å². The number of ether oxygens (including phenoxy) is 1. The maximum absolute atomic E-state index is 13.0. The molecule has 0 fully saturated rings. The van der Waals surface area contributed by atoms with E-state index in [1.54, 1.807) is 24.3 Å². The van der Waals surface area contributed by atoms with Gasteiger partial charge in [-0.05, 0) is 60.0 Å². The van der Waals surface area contributed by atoms with E-state index < -0.39 is 23.4 Å². The number of aryl methyl sites for hydroxylation is 1. The molecule has 2 atom stereocenters. The highest BCUT2D eigenvalue weighted by Gasteiger charge is 2.25. The fraction of sp³-hybridized carbons (Fsp3) is 0.500. The highest BCUT2D eigenvalue weighted by molar-refractivity contribution is 9.10. The quantitative estimate of drug-likeness (QED) is 0.281. The average molecular weight is 569 g/mol. The second kappa shape index (κ2) is 13.6.